The smallest absolute Gasteiger partial charge is 0.316 e. The summed E-state index contributed by atoms with van der Waals surface area (Å²) in [6, 6.07) is 0. The molecule has 2 bridgehead atoms. The number of hydrogen-bond donors (Lipinski definition) is 1. The summed E-state index contributed by atoms with van der Waals surface area (Å²) in [5, 5.41) is 0. The maximum atomic E-state index is 11.9. The Morgan fingerprint density at radius 3 is 2.79 bits per heavy atom. The number of fused-ring (bicyclic) bond motifs is 1. The Morgan fingerprint density at radius 1 is 1.42 bits per heavy atom. The molecule has 1 saturated heterocycles. The van der Waals surface area contributed by atoms with Crippen molar-refractivity contribution in [3.05, 3.63) is 0 Å². The molecule has 2 saturated carbocycles. The molecule has 3 rings (SSSR count). The molecular weight excluding hydrogens is 272 g/mol. The zero-order valence-electron chi connectivity index (χ0n) is 10.3. The number of esters is 3. The monoisotopic (exact) mass is 286 g/mol. The van der Waals surface area contributed by atoms with Crippen LogP contribution in [0.5, 0.6) is 0 Å². The molecule has 1 heterocycles. The Hall–Kier alpha value is -1.24. The minimum Gasteiger partial charge on any atom is -0.469 e. The third-order valence-corrected chi connectivity index (χ3v) is 4.67. The summed E-state index contributed by atoms with van der Waals surface area (Å²) in [5.74, 6) is -2.54. The van der Waals surface area contributed by atoms with E-state index in [0.717, 1.165) is 0 Å². The highest BCUT2D eigenvalue weighted by atomic mass is 32.1. The lowest BCUT2D eigenvalue weighted by Gasteiger charge is -2.29. The topological polar surface area (TPSA) is 78.9 Å². The molecule has 0 spiro atoms. The van der Waals surface area contributed by atoms with Crippen LogP contribution in [0.15, 0.2) is 0 Å². The van der Waals surface area contributed by atoms with Gasteiger partial charge in [0.05, 0.1) is 24.7 Å². The van der Waals surface area contributed by atoms with Gasteiger partial charge in [0.2, 0.25) is 0 Å². The number of hydrogen-bond acceptors (Lipinski definition) is 7. The van der Waals surface area contributed by atoms with E-state index in [4.69, 9.17) is 14.2 Å². The molecule has 19 heavy (non-hydrogen) atoms. The van der Waals surface area contributed by atoms with Crippen molar-refractivity contribution in [2.24, 2.45) is 23.7 Å². The fourth-order valence-corrected chi connectivity index (χ4v) is 3.87. The van der Waals surface area contributed by atoms with Gasteiger partial charge in [0.1, 0.15) is 12.2 Å². The molecule has 0 aromatic rings. The van der Waals surface area contributed by atoms with E-state index >= 15 is 0 Å². The second kappa shape index (κ2) is 4.40. The number of carbonyl (C=O) groups excluding carboxylic acids is 3. The van der Waals surface area contributed by atoms with Crippen molar-refractivity contribution in [1.82, 2.24) is 0 Å². The Balaban J connectivity index is 1.88. The SMILES string of the molecule is COC(=O)C1C2CC3C(OC(=O)C31)C2OC(=O)CS. The molecule has 3 fully saturated rings. The summed E-state index contributed by atoms with van der Waals surface area (Å²) in [4.78, 5) is 35.1. The summed E-state index contributed by atoms with van der Waals surface area (Å²) in [6.45, 7) is 0. The van der Waals surface area contributed by atoms with Gasteiger partial charge in [-0.2, -0.15) is 12.6 Å². The van der Waals surface area contributed by atoms with Crippen molar-refractivity contribution in [1.29, 1.82) is 0 Å². The fraction of sp³-hybridized carbons (Fsp3) is 0.750. The van der Waals surface area contributed by atoms with Gasteiger partial charge in [-0.1, -0.05) is 0 Å². The fourth-order valence-electron chi connectivity index (χ4n) is 3.79. The highest BCUT2D eigenvalue weighted by Crippen LogP contribution is 2.58. The molecule has 104 valence electrons. The van der Waals surface area contributed by atoms with Crippen LogP contribution in [-0.2, 0) is 28.6 Å². The van der Waals surface area contributed by atoms with Gasteiger partial charge in [-0.25, -0.2) is 0 Å². The largest absolute Gasteiger partial charge is 0.469 e. The van der Waals surface area contributed by atoms with Crippen LogP contribution in [0.3, 0.4) is 0 Å². The first kappa shape index (κ1) is 12.8. The first-order valence-electron chi connectivity index (χ1n) is 6.17. The summed E-state index contributed by atoms with van der Waals surface area (Å²) < 4.78 is 15.3. The van der Waals surface area contributed by atoms with Gasteiger partial charge < -0.3 is 14.2 Å². The highest BCUT2D eigenvalue weighted by molar-refractivity contribution is 7.81. The normalized spacial score (nSPS) is 42.1. The molecule has 2 aliphatic carbocycles. The Morgan fingerprint density at radius 2 is 2.16 bits per heavy atom. The van der Waals surface area contributed by atoms with Crippen LogP contribution < -0.4 is 0 Å². The zero-order chi connectivity index (χ0) is 13.7. The quantitative estimate of drug-likeness (QED) is 0.440. The Bertz CT molecular complexity index is 450. The molecule has 6 atom stereocenters. The second-order valence-electron chi connectivity index (χ2n) is 5.15. The number of carbonyl (C=O) groups is 3. The maximum Gasteiger partial charge on any atom is 0.316 e. The summed E-state index contributed by atoms with van der Waals surface area (Å²) in [6.07, 6.45) is -0.297. The lowest BCUT2D eigenvalue weighted by Crippen LogP contribution is -2.43. The molecule has 0 amide bonds. The van der Waals surface area contributed by atoms with Gasteiger partial charge in [0, 0.05) is 11.8 Å². The van der Waals surface area contributed by atoms with Crippen LogP contribution in [0, 0.1) is 23.7 Å². The minimum atomic E-state index is -0.557. The predicted octanol–water partition coefficient (Wildman–Crippen LogP) is -0.192. The van der Waals surface area contributed by atoms with Crippen molar-refractivity contribution in [2.45, 2.75) is 18.6 Å². The first-order valence-corrected chi connectivity index (χ1v) is 6.80. The predicted molar refractivity (Wildman–Crippen MR) is 64.2 cm³/mol. The second-order valence-corrected chi connectivity index (χ2v) is 5.47. The lowest BCUT2D eigenvalue weighted by atomic mass is 9.78. The van der Waals surface area contributed by atoms with E-state index in [9.17, 15) is 14.4 Å². The Labute approximate surface area is 115 Å². The molecule has 1 aliphatic heterocycles. The molecule has 3 aliphatic rings. The van der Waals surface area contributed by atoms with Crippen molar-refractivity contribution in [2.75, 3.05) is 12.9 Å². The van der Waals surface area contributed by atoms with E-state index in [-0.39, 0.29) is 23.6 Å². The summed E-state index contributed by atoms with van der Waals surface area (Å²) in [5.41, 5.74) is 0. The molecule has 0 aromatic heterocycles. The van der Waals surface area contributed by atoms with Gasteiger partial charge >= 0.3 is 17.9 Å². The summed E-state index contributed by atoms with van der Waals surface area (Å²) in [7, 11) is 1.29. The van der Waals surface area contributed by atoms with E-state index < -0.39 is 36.0 Å². The van der Waals surface area contributed by atoms with Crippen molar-refractivity contribution < 1.29 is 28.6 Å². The van der Waals surface area contributed by atoms with Crippen molar-refractivity contribution in [3.8, 4) is 0 Å². The molecule has 0 aromatic carbocycles. The molecule has 0 radical (unpaired) electrons. The van der Waals surface area contributed by atoms with E-state index in [0.29, 0.717) is 6.42 Å². The molecular formula is C12H14O6S. The maximum absolute atomic E-state index is 11.9. The van der Waals surface area contributed by atoms with Crippen LogP contribution in [0.4, 0.5) is 0 Å². The van der Waals surface area contributed by atoms with Gasteiger partial charge in [0.25, 0.3) is 0 Å². The van der Waals surface area contributed by atoms with E-state index in [2.05, 4.69) is 12.6 Å². The Kier molecular flexibility index (Phi) is 2.96. The number of thiol groups is 1. The average molecular weight is 286 g/mol. The molecule has 6 nitrogen and oxygen atoms in total. The number of ether oxygens (including phenoxy) is 3. The number of methoxy groups -OCH3 is 1. The van der Waals surface area contributed by atoms with Crippen LogP contribution >= 0.6 is 12.6 Å². The highest BCUT2D eigenvalue weighted by Gasteiger charge is 2.70. The molecule has 7 heteroatoms. The third-order valence-electron chi connectivity index (χ3n) is 4.42. The van der Waals surface area contributed by atoms with Gasteiger partial charge in [-0.3, -0.25) is 14.4 Å². The average Bonchev–Trinajstić information content (AvgIpc) is 3.00. The minimum absolute atomic E-state index is 0.0408. The molecule has 0 N–H and O–H groups in total. The lowest BCUT2D eigenvalue weighted by molar-refractivity contribution is -0.162. The van der Waals surface area contributed by atoms with Crippen molar-refractivity contribution >= 4 is 30.5 Å². The zero-order valence-corrected chi connectivity index (χ0v) is 11.2. The van der Waals surface area contributed by atoms with Gasteiger partial charge in [0.15, 0.2) is 0 Å². The number of rotatable bonds is 3. The van der Waals surface area contributed by atoms with Gasteiger partial charge in [-0.05, 0) is 6.42 Å². The third kappa shape index (κ3) is 1.67. The van der Waals surface area contributed by atoms with E-state index in [1.165, 1.54) is 7.11 Å². The van der Waals surface area contributed by atoms with Crippen LogP contribution in [0.1, 0.15) is 6.42 Å². The standard InChI is InChI=1S/C12H14O6S/c1-16-11(14)7-4-2-5-8(7)12(15)18-10(5)9(4)17-6(13)3-19/h4-5,7-10,19H,2-3H2,1H3. The van der Waals surface area contributed by atoms with Crippen molar-refractivity contribution in [3.63, 3.8) is 0 Å². The van der Waals surface area contributed by atoms with E-state index in [1.807, 2.05) is 0 Å². The van der Waals surface area contributed by atoms with E-state index in [1.54, 1.807) is 0 Å². The molecule has 6 unspecified atom stereocenters. The van der Waals surface area contributed by atoms with Gasteiger partial charge in [-0.15, -0.1) is 0 Å². The van der Waals surface area contributed by atoms with Crippen LogP contribution in [0.25, 0.3) is 0 Å². The van der Waals surface area contributed by atoms with Crippen LogP contribution in [0.2, 0.25) is 0 Å². The van der Waals surface area contributed by atoms with Crippen LogP contribution in [-0.4, -0.2) is 43.0 Å². The first-order chi connectivity index (χ1) is 9.08. The summed E-state index contributed by atoms with van der Waals surface area (Å²) >= 11 is 3.85.